The summed E-state index contributed by atoms with van der Waals surface area (Å²) in [6.45, 7) is 2.40. The van der Waals surface area contributed by atoms with Gasteiger partial charge in [0.2, 0.25) is 22.5 Å². The average Bonchev–Trinajstić information content (AvgIpc) is 3.80. The highest BCUT2D eigenvalue weighted by atomic mass is 79.9. The third-order valence-corrected chi connectivity index (χ3v) is 11.0. The minimum atomic E-state index is -3.67. The Morgan fingerprint density at radius 1 is 0.472 bits per heavy atom. The Morgan fingerprint density at radius 3 is 1.25 bits per heavy atom. The zero-order valence-corrected chi connectivity index (χ0v) is 32.4. The number of aromatic nitrogens is 4. The lowest BCUT2D eigenvalue weighted by molar-refractivity contribution is -0.688. The van der Waals surface area contributed by atoms with Crippen LogP contribution in [0.2, 0.25) is 0 Å². The molecule has 14 bridgehead atoms. The Labute approximate surface area is 329 Å². The van der Waals surface area contributed by atoms with E-state index in [2.05, 4.69) is 9.13 Å². The Bertz CT molecular complexity index is 2340. The van der Waals surface area contributed by atoms with Crippen LogP contribution in [0.3, 0.4) is 0 Å². The van der Waals surface area contributed by atoms with Crippen molar-refractivity contribution in [1.82, 2.24) is 9.13 Å². The van der Waals surface area contributed by atoms with Crippen molar-refractivity contribution < 1.29 is 61.1 Å². The van der Waals surface area contributed by atoms with Gasteiger partial charge in [0.25, 0.3) is 0 Å². The topological polar surface area (TPSA) is 85.9 Å². The fourth-order valence-electron chi connectivity index (χ4n) is 6.44. The number of nitrogens with zero attached hydrogens (tertiary/aromatic N) is 4. The van der Waals surface area contributed by atoms with Gasteiger partial charge in [-0.3, -0.25) is 9.59 Å². The second kappa shape index (κ2) is 15.8. The van der Waals surface area contributed by atoms with Crippen molar-refractivity contribution in [2.24, 2.45) is 0 Å². The Balaban J connectivity index is 0.00000240. The zero-order chi connectivity index (χ0) is 35.0. The number of sulfone groups is 1. The minimum absolute atomic E-state index is 0. The number of halogens is 2. The second-order valence-electron chi connectivity index (χ2n) is 12.9. The van der Waals surface area contributed by atoms with E-state index in [1.54, 1.807) is 48.5 Å². The molecule has 53 heavy (non-hydrogen) atoms. The number of ketones is 2. The molecule has 0 saturated heterocycles. The van der Waals surface area contributed by atoms with E-state index in [1.807, 2.05) is 119 Å². The predicted octanol–water partition coefficient (Wildman–Crippen LogP) is -0.326. The van der Waals surface area contributed by atoms with Gasteiger partial charge >= 0.3 is 0 Å². The van der Waals surface area contributed by atoms with Gasteiger partial charge in [-0.15, -0.1) is 0 Å². The van der Waals surface area contributed by atoms with Crippen molar-refractivity contribution in [2.75, 3.05) is 0 Å². The Kier molecular flexibility index (Phi) is 11.2. The third kappa shape index (κ3) is 8.22. The summed E-state index contributed by atoms with van der Waals surface area (Å²) in [6.07, 6.45) is 11.9. The van der Waals surface area contributed by atoms with Gasteiger partial charge in [0, 0.05) is 22.3 Å². The molecule has 9 heterocycles. The average molecular weight is 851 g/mol. The Morgan fingerprint density at radius 2 is 0.849 bits per heavy atom. The molecule has 5 aromatic carbocycles. The fourth-order valence-corrected chi connectivity index (χ4v) is 7.70. The predicted molar refractivity (Wildman–Crippen MR) is 190 cm³/mol. The molecule has 0 amide bonds. The van der Waals surface area contributed by atoms with Crippen molar-refractivity contribution in [3.8, 4) is 0 Å². The van der Waals surface area contributed by atoms with E-state index in [4.69, 9.17) is 0 Å². The van der Waals surface area contributed by atoms with E-state index < -0.39 is 9.84 Å². The normalized spacial score (nSPS) is 13.8. The number of benzene rings is 5. The molecule has 2 aromatic heterocycles. The minimum Gasteiger partial charge on any atom is -1.00 e. The molecule has 0 unspecified atom stereocenters. The first-order chi connectivity index (χ1) is 24.8. The SMILES string of the molecule is O=C1c2ccc(cc2)C[n+]2ccn(c2)Cc2ccc(cc2)S(=O)(=O)c2ccc(cc2)Cn2cc[n+](c2)Cc2ccc(cc2)C(=O)c2cccc1c2.[Br-].[Br-]. The van der Waals surface area contributed by atoms with Gasteiger partial charge in [-0.2, -0.15) is 0 Å². The molecule has 11 heteroatoms. The smallest absolute Gasteiger partial charge is 0.244 e. The number of hydrogen-bond donors (Lipinski definition) is 0. The van der Waals surface area contributed by atoms with Crippen LogP contribution >= 0.6 is 0 Å². The lowest BCUT2D eigenvalue weighted by Crippen LogP contribution is -3.00. The first-order valence-electron chi connectivity index (χ1n) is 16.7. The largest absolute Gasteiger partial charge is 1.00 e. The lowest BCUT2D eigenvalue weighted by Gasteiger charge is -2.07. The summed E-state index contributed by atoms with van der Waals surface area (Å²) in [5.74, 6) is -0.285. The molecule has 7 aromatic rings. The van der Waals surface area contributed by atoms with Crippen LogP contribution in [0, 0.1) is 0 Å². The molecular formula is C42H34Br2N4O4S. The number of imidazole rings is 2. The summed E-state index contributed by atoms with van der Waals surface area (Å²) < 4.78 is 35.1. The molecule has 0 N–H and O–H groups in total. The van der Waals surface area contributed by atoms with Crippen molar-refractivity contribution >= 4 is 21.4 Å². The Hall–Kier alpha value is -5.23. The van der Waals surface area contributed by atoms with Crippen molar-refractivity contribution in [1.29, 1.82) is 0 Å². The molecule has 7 aliphatic heterocycles. The summed E-state index contributed by atoms with van der Waals surface area (Å²) in [5, 5.41) is 0. The first kappa shape index (κ1) is 37.5. The van der Waals surface area contributed by atoms with Gasteiger partial charge in [0.05, 0.1) is 9.79 Å². The maximum absolute atomic E-state index is 13.5. The van der Waals surface area contributed by atoms with Crippen LogP contribution in [0.15, 0.2) is 169 Å². The maximum Gasteiger partial charge on any atom is 0.244 e. The van der Waals surface area contributed by atoms with Crippen LogP contribution in [0.4, 0.5) is 0 Å². The van der Waals surface area contributed by atoms with Crippen molar-refractivity contribution in [3.63, 3.8) is 0 Å². The molecule has 14 rings (SSSR count). The van der Waals surface area contributed by atoms with Gasteiger partial charge in [-0.1, -0.05) is 91.0 Å². The standard InChI is InChI=1S/C42H34N4O4S.2BrH/c47-41-35-12-4-31(5-13-35)25-43-20-22-45(29-43)27-33-8-16-39(17-9-33)51(49,50)40-18-10-34(11-19-40)28-46-23-21-44(30-46)26-32-6-14-36(15-7-32)42(48)38-3-1-2-37(41)24-38;;/h1-24,29-30H,25-28H2;2*1H/q+2;;/p-2. The van der Waals surface area contributed by atoms with Crippen LogP contribution in [0.5, 0.6) is 0 Å². The van der Waals surface area contributed by atoms with E-state index in [1.165, 1.54) is 0 Å². The summed E-state index contributed by atoms with van der Waals surface area (Å²) in [7, 11) is -3.67. The molecular weight excluding hydrogens is 816 g/mol. The molecule has 0 aliphatic carbocycles. The number of carbonyl (C=O) groups excluding carboxylic acids is 2. The highest BCUT2D eigenvalue weighted by Crippen LogP contribution is 2.23. The maximum atomic E-state index is 13.5. The van der Waals surface area contributed by atoms with Crippen molar-refractivity contribution in [2.45, 2.75) is 36.0 Å². The van der Waals surface area contributed by atoms with Crippen molar-refractivity contribution in [3.05, 3.63) is 203 Å². The van der Waals surface area contributed by atoms with E-state index in [0.29, 0.717) is 48.4 Å². The molecule has 8 nitrogen and oxygen atoms in total. The highest BCUT2D eigenvalue weighted by Gasteiger charge is 2.19. The first-order valence-corrected chi connectivity index (χ1v) is 18.2. The summed E-state index contributed by atoms with van der Waals surface area (Å²) >= 11 is 0. The molecule has 0 spiro atoms. The van der Waals surface area contributed by atoms with E-state index in [9.17, 15) is 18.0 Å². The molecule has 7 aliphatic rings. The molecule has 0 atom stereocenters. The number of carbonyl (C=O) groups is 2. The van der Waals surface area contributed by atoms with E-state index >= 15 is 0 Å². The lowest BCUT2D eigenvalue weighted by atomic mass is 9.96. The number of hydrogen-bond acceptors (Lipinski definition) is 4. The van der Waals surface area contributed by atoms with Crippen LogP contribution in [-0.2, 0) is 36.0 Å². The fraction of sp³-hybridized carbons (Fsp3) is 0.0952. The van der Waals surface area contributed by atoms with Gasteiger partial charge in [-0.05, 0) is 52.6 Å². The van der Waals surface area contributed by atoms with E-state index in [0.717, 1.165) is 22.3 Å². The van der Waals surface area contributed by atoms with Gasteiger partial charge in [0.15, 0.2) is 11.6 Å². The van der Waals surface area contributed by atoms with E-state index in [-0.39, 0.29) is 55.3 Å². The van der Waals surface area contributed by atoms with Gasteiger partial charge in [-0.25, -0.2) is 26.7 Å². The van der Waals surface area contributed by atoms with Crippen LogP contribution in [-0.4, -0.2) is 29.1 Å². The molecule has 0 radical (unpaired) electrons. The monoisotopic (exact) mass is 848 g/mol. The highest BCUT2D eigenvalue weighted by molar-refractivity contribution is 7.91. The van der Waals surface area contributed by atoms with Crippen LogP contribution in [0.1, 0.15) is 54.1 Å². The third-order valence-electron chi connectivity index (χ3n) is 9.24. The molecule has 266 valence electrons. The summed E-state index contributed by atoms with van der Waals surface area (Å²) in [5.41, 5.74) is 6.05. The van der Waals surface area contributed by atoms with Crippen LogP contribution in [0.25, 0.3) is 0 Å². The van der Waals surface area contributed by atoms with Crippen LogP contribution < -0.4 is 43.1 Å². The molecule has 0 saturated carbocycles. The summed E-state index contributed by atoms with van der Waals surface area (Å²) in [4.78, 5) is 27.4. The molecule has 0 fully saturated rings. The van der Waals surface area contributed by atoms with Gasteiger partial charge in [0.1, 0.15) is 51.0 Å². The van der Waals surface area contributed by atoms with Gasteiger partial charge < -0.3 is 34.0 Å². The number of rotatable bonds is 0. The quantitative estimate of drug-likeness (QED) is 0.196. The second-order valence-corrected chi connectivity index (χ2v) is 14.9. The summed E-state index contributed by atoms with van der Waals surface area (Å²) in [6, 6.07) is 36.0. The zero-order valence-electron chi connectivity index (χ0n) is 28.4.